The fourth-order valence-corrected chi connectivity index (χ4v) is 2.41. The van der Waals surface area contributed by atoms with Gasteiger partial charge in [-0.25, -0.2) is 4.98 Å². The first-order valence-electron chi connectivity index (χ1n) is 6.36. The molecular formula is C14H13N5. The number of rotatable bonds is 2. The van der Waals surface area contributed by atoms with Gasteiger partial charge in [-0.2, -0.15) is 5.10 Å². The number of anilines is 1. The minimum atomic E-state index is 0.447. The van der Waals surface area contributed by atoms with Gasteiger partial charge >= 0.3 is 0 Å². The summed E-state index contributed by atoms with van der Waals surface area (Å²) in [5, 5.41) is 4.27. The second-order valence-electron chi connectivity index (χ2n) is 4.76. The van der Waals surface area contributed by atoms with Crippen LogP contribution in [0.25, 0.3) is 11.0 Å². The van der Waals surface area contributed by atoms with Crippen molar-refractivity contribution in [3.8, 4) is 0 Å². The zero-order valence-corrected chi connectivity index (χ0v) is 10.3. The third kappa shape index (κ3) is 1.74. The Labute approximate surface area is 110 Å². The Morgan fingerprint density at radius 3 is 2.68 bits per heavy atom. The first-order valence-corrected chi connectivity index (χ1v) is 6.36. The molecule has 1 fully saturated rings. The Morgan fingerprint density at radius 2 is 1.89 bits per heavy atom. The largest absolute Gasteiger partial charge is 0.351 e. The van der Waals surface area contributed by atoms with Gasteiger partial charge in [0.15, 0.2) is 0 Å². The molecule has 0 amide bonds. The van der Waals surface area contributed by atoms with Crippen molar-refractivity contribution in [2.45, 2.75) is 6.04 Å². The lowest BCUT2D eigenvalue weighted by Gasteiger charge is -2.39. The SMILES string of the molecule is c1ccc2nc(N3CC(n4cccn4)C3)cnc2c1. The van der Waals surface area contributed by atoms with E-state index in [1.807, 2.05) is 53.6 Å². The van der Waals surface area contributed by atoms with Crippen molar-refractivity contribution >= 4 is 16.9 Å². The average molecular weight is 251 g/mol. The molecule has 94 valence electrons. The molecule has 5 heteroatoms. The molecule has 1 aliphatic rings. The van der Waals surface area contributed by atoms with Crippen LogP contribution in [0.2, 0.25) is 0 Å². The fraction of sp³-hybridized carbons (Fsp3) is 0.214. The van der Waals surface area contributed by atoms with Gasteiger partial charge in [0.05, 0.1) is 23.3 Å². The summed E-state index contributed by atoms with van der Waals surface area (Å²) in [5.74, 6) is 0.946. The van der Waals surface area contributed by atoms with Crippen LogP contribution in [0.1, 0.15) is 6.04 Å². The average Bonchev–Trinajstić information content (AvgIpc) is 2.91. The highest BCUT2D eigenvalue weighted by Crippen LogP contribution is 2.26. The first kappa shape index (κ1) is 10.5. The molecule has 0 saturated carbocycles. The highest BCUT2D eigenvalue weighted by molar-refractivity contribution is 5.75. The smallest absolute Gasteiger partial charge is 0.147 e. The predicted octanol–water partition coefficient (Wildman–Crippen LogP) is 1.89. The Kier molecular flexibility index (Phi) is 2.24. The van der Waals surface area contributed by atoms with Gasteiger partial charge in [-0.3, -0.25) is 9.67 Å². The molecule has 0 spiro atoms. The summed E-state index contributed by atoms with van der Waals surface area (Å²) < 4.78 is 2.00. The summed E-state index contributed by atoms with van der Waals surface area (Å²) in [7, 11) is 0. The molecule has 0 radical (unpaired) electrons. The van der Waals surface area contributed by atoms with Crippen molar-refractivity contribution in [3.63, 3.8) is 0 Å². The van der Waals surface area contributed by atoms with Crippen molar-refractivity contribution in [2.75, 3.05) is 18.0 Å². The lowest BCUT2D eigenvalue weighted by Crippen LogP contribution is -2.48. The van der Waals surface area contributed by atoms with E-state index in [9.17, 15) is 0 Å². The third-order valence-corrected chi connectivity index (χ3v) is 3.52. The molecule has 1 aliphatic heterocycles. The number of hydrogen-bond acceptors (Lipinski definition) is 4. The zero-order chi connectivity index (χ0) is 12.7. The van der Waals surface area contributed by atoms with Gasteiger partial charge in [0.2, 0.25) is 0 Å². The van der Waals surface area contributed by atoms with Crippen LogP contribution in [0.4, 0.5) is 5.82 Å². The van der Waals surface area contributed by atoms with Gasteiger partial charge in [-0.15, -0.1) is 0 Å². The maximum absolute atomic E-state index is 4.65. The second-order valence-corrected chi connectivity index (χ2v) is 4.76. The van der Waals surface area contributed by atoms with Crippen molar-refractivity contribution in [2.24, 2.45) is 0 Å². The highest BCUT2D eigenvalue weighted by Gasteiger charge is 2.29. The van der Waals surface area contributed by atoms with Gasteiger partial charge in [0, 0.05) is 25.5 Å². The maximum Gasteiger partial charge on any atom is 0.147 e. The van der Waals surface area contributed by atoms with Crippen LogP contribution < -0.4 is 4.90 Å². The zero-order valence-electron chi connectivity index (χ0n) is 10.3. The molecule has 0 aliphatic carbocycles. The number of para-hydroxylation sites is 2. The van der Waals surface area contributed by atoms with Crippen LogP contribution in [0.5, 0.6) is 0 Å². The number of aromatic nitrogens is 4. The standard InChI is InChI=1S/C14H13N5/c1-2-5-13-12(4-1)15-8-14(17-13)18-9-11(10-18)19-7-3-6-16-19/h1-8,11H,9-10H2. The van der Waals surface area contributed by atoms with E-state index in [1.165, 1.54) is 0 Å². The maximum atomic E-state index is 4.65. The minimum Gasteiger partial charge on any atom is -0.351 e. The van der Waals surface area contributed by atoms with E-state index in [-0.39, 0.29) is 0 Å². The number of benzene rings is 1. The molecule has 3 heterocycles. The summed E-state index contributed by atoms with van der Waals surface area (Å²) in [6.45, 7) is 1.88. The van der Waals surface area contributed by atoms with Crippen LogP contribution in [-0.2, 0) is 0 Å². The van der Waals surface area contributed by atoms with Crippen LogP contribution in [0, 0.1) is 0 Å². The molecule has 1 aromatic carbocycles. The molecule has 2 aromatic heterocycles. The van der Waals surface area contributed by atoms with Gasteiger partial charge in [0.25, 0.3) is 0 Å². The van der Waals surface area contributed by atoms with Gasteiger partial charge in [-0.05, 0) is 18.2 Å². The summed E-state index contributed by atoms with van der Waals surface area (Å²) in [4.78, 5) is 11.3. The lowest BCUT2D eigenvalue weighted by atomic mass is 10.1. The summed E-state index contributed by atoms with van der Waals surface area (Å²) in [6, 6.07) is 10.4. The quantitative estimate of drug-likeness (QED) is 0.697. The van der Waals surface area contributed by atoms with Gasteiger partial charge in [-0.1, -0.05) is 12.1 Å². The molecule has 4 rings (SSSR count). The lowest BCUT2D eigenvalue weighted by molar-refractivity contribution is 0.366. The molecule has 0 N–H and O–H groups in total. The minimum absolute atomic E-state index is 0.447. The summed E-state index contributed by atoms with van der Waals surface area (Å²) >= 11 is 0. The van der Waals surface area contributed by atoms with Crippen LogP contribution in [-0.4, -0.2) is 32.8 Å². The Hall–Kier alpha value is -2.43. The van der Waals surface area contributed by atoms with Gasteiger partial charge in [0.1, 0.15) is 5.82 Å². The predicted molar refractivity (Wildman–Crippen MR) is 73.0 cm³/mol. The van der Waals surface area contributed by atoms with Crippen molar-refractivity contribution in [1.82, 2.24) is 19.7 Å². The van der Waals surface area contributed by atoms with E-state index in [0.29, 0.717) is 6.04 Å². The highest BCUT2D eigenvalue weighted by atomic mass is 15.4. The van der Waals surface area contributed by atoms with E-state index in [4.69, 9.17) is 0 Å². The molecule has 1 saturated heterocycles. The van der Waals surface area contributed by atoms with Crippen LogP contribution in [0.15, 0.2) is 48.9 Å². The Balaban J connectivity index is 1.56. The van der Waals surface area contributed by atoms with Gasteiger partial charge < -0.3 is 4.90 Å². The summed E-state index contributed by atoms with van der Waals surface area (Å²) in [5.41, 5.74) is 1.89. The van der Waals surface area contributed by atoms with E-state index < -0.39 is 0 Å². The normalized spacial score (nSPS) is 15.7. The van der Waals surface area contributed by atoms with Crippen molar-refractivity contribution in [1.29, 1.82) is 0 Å². The monoisotopic (exact) mass is 251 g/mol. The molecule has 0 atom stereocenters. The van der Waals surface area contributed by atoms with E-state index in [2.05, 4.69) is 20.0 Å². The molecule has 0 bridgehead atoms. The first-order chi connectivity index (χ1) is 9.40. The van der Waals surface area contributed by atoms with E-state index >= 15 is 0 Å². The Morgan fingerprint density at radius 1 is 1.05 bits per heavy atom. The molecular weight excluding hydrogens is 238 g/mol. The molecule has 3 aromatic rings. The Bertz CT molecular complexity index is 701. The van der Waals surface area contributed by atoms with E-state index in [1.54, 1.807) is 0 Å². The number of hydrogen-bond donors (Lipinski definition) is 0. The van der Waals surface area contributed by atoms with Crippen LogP contribution >= 0.6 is 0 Å². The van der Waals surface area contributed by atoms with Crippen molar-refractivity contribution < 1.29 is 0 Å². The number of fused-ring (bicyclic) bond motifs is 1. The topological polar surface area (TPSA) is 46.8 Å². The second kappa shape index (κ2) is 4.05. The third-order valence-electron chi connectivity index (χ3n) is 3.52. The molecule has 5 nitrogen and oxygen atoms in total. The van der Waals surface area contributed by atoms with Crippen LogP contribution in [0.3, 0.4) is 0 Å². The fourth-order valence-electron chi connectivity index (χ4n) is 2.41. The van der Waals surface area contributed by atoms with Crippen molar-refractivity contribution in [3.05, 3.63) is 48.9 Å². The van der Waals surface area contributed by atoms with E-state index in [0.717, 1.165) is 29.9 Å². The summed E-state index contributed by atoms with van der Waals surface area (Å²) in [6.07, 6.45) is 5.67. The number of nitrogens with zero attached hydrogens (tertiary/aromatic N) is 5. The molecule has 0 unspecified atom stereocenters. The molecule has 19 heavy (non-hydrogen) atoms.